The topological polar surface area (TPSA) is 70.8 Å². The van der Waals surface area contributed by atoms with E-state index in [-0.39, 0.29) is 55.1 Å². The molecule has 0 radical (unpaired) electrons. The molecule has 1 aliphatic heterocycles. The fourth-order valence-corrected chi connectivity index (χ4v) is 3.71. The Labute approximate surface area is 193 Å². The van der Waals surface area contributed by atoms with Crippen molar-refractivity contribution in [2.24, 2.45) is 11.7 Å². The molecule has 6 nitrogen and oxygen atoms in total. The van der Waals surface area contributed by atoms with Crippen LogP contribution in [0.2, 0.25) is 0 Å². The Kier molecular flexibility index (Phi) is 13.9. The van der Waals surface area contributed by atoms with Crippen molar-refractivity contribution in [3.63, 3.8) is 0 Å². The SMILES string of the molecule is CN1CCN(CCOc2ccc(NC(=O)C3CCCC(N)C3)cc2)CC1.Cl.Cl.Cl. The van der Waals surface area contributed by atoms with Crippen LogP contribution in [0, 0.1) is 5.92 Å². The number of nitrogens with two attached hydrogens (primary N) is 1. The van der Waals surface area contributed by atoms with Crippen LogP contribution in [0.25, 0.3) is 0 Å². The standard InChI is InChI=1S/C20H32N4O2.3ClH/c1-23-9-11-24(12-10-23)13-14-26-19-7-5-18(6-8-19)22-20(25)16-3-2-4-17(21)15-16;;;/h5-8,16-17H,2-4,9-15,21H2,1H3,(H,22,25);3*1H. The maximum Gasteiger partial charge on any atom is 0.227 e. The predicted molar refractivity (Wildman–Crippen MR) is 126 cm³/mol. The van der Waals surface area contributed by atoms with E-state index < -0.39 is 0 Å². The molecule has 2 fully saturated rings. The molecular weight excluding hydrogens is 435 g/mol. The maximum absolute atomic E-state index is 12.4. The fraction of sp³-hybridized carbons (Fsp3) is 0.650. The molecule has 3 N–H and O–H groups in total. The number of carbonyl (C=O) groups excluding carboxylic acids is 1. The van der Waals surface area contributed by atoms with Crippen molar-refractivity contribution >= 4 is 48.8 Å². The van der Waals surface area contributed by atoms with Crippen LogP contribution in [0.5, 0.6) is 5.75 Å². The lowest BCUT2D eigenvalue weighted by Crippen LogP contribution is -2.45. The second kappa shape index (κ2) is 14.3. The minimum atomic E-state index is 0. The number of nitrogens with zero attached hydrogens (tertiary/aromatic N) is 2. The van der Waals surface area contributed by atoms with Crippen LogP contribution < -0.4 is 15.8 Å². The van der Waals surface area contributed by atoms with Crippen molar-refractivity contribution in [2.75, 3.05) is 51.7 Å². The van der Waals surface area contributed by atoms with E-state index in [0.29, 0.717) is 6.61 Å². The number of benzene rings is 1. The summed E-state index contributed by atoms with van der Waals surface area (Å²) in [5, 5.41) is 3.01. The van der Waals surface area contributed by atoms with Gasteiger partial charge in [-0.1, -0.05) is 6.42 Å². The number of carbonyl (C=O) groups is 1. The first-order chi connectivity index (χ1) is 12.6. The zero-order valence-corrected chi connectivity index (χ0v) is 19.5. The number of nitrogens with one attached hydrogen (secondary N) is 1. The summed E-state index contributed by atoms with van der Waals surface area (Å²) in [6.07, 6.45) is 3.80. The molecule has 2 aliphatic rings. The molecule has 0 aromatic heterocycles. The molecule has 0 spiro atoms. The molecule has 1 saturated carbocycles. The zero-order chi connectivity index (χ0) is 18.4. The summed E-state index contributed by atoms with van der Waals surface area (Å²) in [5.41, 5.74) is 6.80. The Balaban J connectivity index is 0.00000261. The van der Waals surface area contributed by atoms with Crippen molar-refractivity contribution in [3.05, 3.63) is 24.3 Å². The fourth-order valence-electron chi connectivity index (χ4n) is 3.71. The van der Waals surface area contributed by atoms with Gasteiger partial charge in [0.2, 0.25) is 5.91 Å². The third kappa shape index (κ3) is 9.28. The Morgan fingerprint density at radius 1 is 1.10 bits per heavy atom. The first kappa shape index (κ1) is 28.2. The first-order valence-electron chi connectivity index (χ1n) is 9.80. The van der Waals surface area contributed by atoms with Gasteiger partial charge in [-0.3, -0.25) is 9.69 Å². The molecule has 1 aromatic carbocycles. The zero-order valence-electron chi connectivity index (χ0n) is 17.0. The molecule has 2 unspecified atom stereocenters. The Bertz CT molecular complexity index is 584. The molecule has 1 saturated heterocycles. The highest BCUT2D eigenvalue weighted by Gasteiger charge is 2.25. The third-order valence-corrected chi connectivity index (χ3v) is 5.48. The Hall–Kier alpha value is -0.760. The van der Waals surface area contributed by atoms with Gasteiger partial charge >= 0.3 is 0 Å². The second-order valence-corrected chi connectivity index (χ2v) is 7.63. The molecule has 2 atom stereocenters. The monoisotopic (exact) mass is 468 g/mol. The van der Waals surface area contributed by atoms with E-state index in [9.17, 15) is 4.79 Å². The average Bonchev–Trinajstić information content (AvgIpc) is 2.65. The number of amides is 1. The summed E-state index contributed by atoms with van der Waals surface area (Å²) in [5.74, 6) is 0.971. The molecule has 1 aromatic rings. The van der Waals surface area contributed by atoms with Crippen molar-refractivity contribution in [1.82, 2.24) is 9.80 Å². The van der Waals surface area contributed by atoms with Gasteiger partial charge in [-0.2, -0.15) is 0 Å². The highest BCUT2D eigenvalue weighted by atomic mass is 35.5. The Morgan fingerprint density at radius 3 is 2.38 bits per heavy atom. The molecule has 168 valence electrons. The van der Waals surface area contributed by atoms with E-state index in [1.165, 1.54) is 0 Å². The van der Waals surface area contributed by atoms with Crippen LogP contribution >= 0.6 is 37.2 Å². The van der Waals surface area contributed by atoms with Gasteiger partial charge in [-0.15, -0.1) is 37.2 Å². The first-order valence-corrected chi connectivity index (χ1v) is 9.80. The minimum absolute atomic E-state index is 0. The number of hydrogen-bond donors (Lipinski definition) is 2. The molecule has 0 bridgehead atoms. The van der Waals surface area contributed by atoms with E-state index in [2.05, 4.69) is 22.2 Å². The van der Waals surface area contributed by atoms with Crippen LogP contribution in [-0.2, 0) is 4.79 Å². The van der Waals surface area contributed by atoms with Crippen LogP contribution in [0.4, 0.5) is 5.69 Å². The number of ether oxygens (including phenoxy) is 1. The van der Waals surface area contributed by atoms with Crippen molar-refractivity contribution in [2.45, 2.75) is 31.7 Å². The number of likely N-dealkylation sites (N-methyl/N-ethyl adjacent to an activating group) is 1. The van der Waals surface area contributed by atoms with Crippen molar-refractivity contribution < 1.29 is 9.53 Å². The molecule has 29 heavy (non-hydrogen) atoms. The summed E-state index contributed by atoms with van der Waals surface area (Å²) in [7, 11) is 2.16. The summed E-state index contributed by atoms with van der Waals surface area (Å²) >= 11 is 0. The van der Waals surface area contributed by atoms with Gasteiger partial charge in [0.05, 0.1) is 0 Å². The van der Waals surface area contributed by atoms with Crippen LogP contribution in [-0.4, -0.2) is 68.1 Å². The largest absolute Gasteiger partial charge is 0.492 e. The summed E-state index contributed by atoms with van der Waals surface area (Å²) in [4.78, 5) is 17.1. The number of halogens is 3. The Morgan fingerprint density at radius 2 is 1.76 bits per heavy atom. The smallest absolute Gasteiger partial charge is 0.227 e. The molecule has 9 heteroatoms. The van der Waals surface area contributed by atoms with Crippen LogP contribution in [0.3, 0.4) is 0 Å². The van der Waals surface area contributed by atoms with Crippen LogP contribution in [0.15, 0.2) is 24.3 Å². The minimum Gasteiger partial charge on any atom is -0.492 e. The maximum atomic E-state index is 12.4. The van der Waals surface area contributed by atoms with Crippen LogP contribution in [0.1, 0.15) is 25.7 Å². The van der Waals surface area contributed by atoms with E-state index in [4.69, 9.17) is 10.5 Å². The van der Waals surface area contributed by atoms with E-state index in [1.54, 1.807) is 0 Å². The molecule has 1 aliphatic carbocycles. The molecule has 3 rings (SSSR count). The van der Waals surface area contributed by atoms with Gasteiger partial charge in [-0.05, 0) is 50.6 Å². The summed E-state index contributed by atoms with van der Waals surface area (Å²) in [6, 6.07) is 7.83. The van der Waals surface area contributed by atoms with Gasteiger partial charge in [0.25, 0.3) is 0 Å². The molecule has 1 heterocycles. The second-order valence-electron chi connectivity index (χ2n) is 7.63. The quantitative estimate of drug-likeness (QED) is 0.670. The molecular formula is C20H35Cl3N4O2. The van der Waals surface area contributed by atoms with E-state index in [1.807, 2.05) is 24.3 Å². The van der Waals surface area contributed by atoms with E-state index >= 15 is 0 Å². The van der Waals surface area contributed by atoms with Gasteiger partial charge in [0.1, 0.15) is 12.4 Å². The number of hydrogen-bond acceptors (Lipinski definition) is 5. The highest BCUT2D eigenvalue weighted by molar-refractivity contribution is 5.92. The summed E-state index contributed by atoms with van der Waals surface area (Å²) < 4.78 is 5.84. The highest BCUT2D eigenvalue weighted by Crippen LogP contribution is 2.25. The number of anilines is 1. The van der Waals surface area contributed by atoms with Crippen molar-refractivity contribution in [3.8, 4) is 5.75 Å². The number of rotatable bonds is 6. The van der Waals surface area contributed by atoms with Gasteiger partial charge in [-0.25, -0.2) is 0 Å². The summed E-state index contributed by atoms with van der Waals surface area (Å²) in [6.45, 7) is 6.11. The lowest BCUT2D eigenvalue weighted by molar-refractivity contribution is -0.120. The number of piperazine rings is 1. The van der Waals surface area contributed by atoms with Gasteiger partial charge in [0.15, 0.2) is 0 Å². The van der Waals surface area contributed by atoms with E-state index in [0.717, 1.165) is 69.8 Å². The molecule has 1 amide bonds. The van der Waals surface area contributed by atoms with Gasteiger partial charge in [0, 0.05) is 50.4 Å². The lowest BCUT2D eigenvalue weighted by Gasteiger charge is -2.32. The van der Waals surface area contributed by atoms with Gasteiger partial charge < -0.3 is 20.7 Å². The lowest BCUT2D eigenvalue weighted by atomic mass is 9.85. The third-order valence-electron chi connectivity index (χ3n) is 5.48. The predicted octanol–water partition coefficient (Wildman–Crippen LogP) is 3.03. The normalized spacial score (nSPS) is 22.4. The average molecular weight is 470 g/mol. The van der Waals surface area contributed by atoms with Crippen molar-refractivity contribution in [1.29, 1.82) is 0 Å².